The van der Waals surface area contributed by atoms with Crippen molar-refractivity contribution in [3.63, 3.8) is 0 Å². The number of aromatic nitrogens is 1. The van der Waals surface area contributed by atoms with E-state index in [4.69, 9.17) is 14.2 Å². The molecule has 0 amide bonds. The van der Waals surface area contributed by atoms with Crippen LogP contribution < -0.4 is 9.47 Å². The van der Waals surface area contributed by atoms with Crippen molar-refractivity contribution in [2.45, 2.75) is 30.6 Å². The SMILES string of the molecule is COc1cncc2c1C(O)(CC(C)N1CC3(COC3)C1)C(c1ccccc1)(c1ccc(C#N)cc1)O2. The van der Waals surface area contributed by atoms with Gasteiger partial charge in [0.15, 0.2) is 5.60 Å². The summed E-state index contributed by atoms with van der Waals surface area (Å²) in [5, 5.41) is 22.4. The topological polar surface area (TPSA) is 87.8 Å². The Balaban J connectivity index is 1.52. The molecule has 3 aliphatic heterocycles. The van der Waals surface area contributed by atoms with E-state index in [1.54, 1.807) is 31.6 Å². The van der Waals surface area contributed by atoms with E-state index in [1.807, 2.05) is 42.5 Å². The van der Waals surface area contributed by atoms with Crippen LogP contribution in [0.5, 0.6) is 11.5 Å². The number of likely N-dealkylation sites (tertiary alicyclic amines) is 1. The van der Waals surface area contributed by atoms with Gasteiger partial charge in [0, 0.05) is 42.1 Å². The molecule has 1 N–H and O–H groups in total. The lowest BCUT2D eigenvalue weighted by Gasteiger charge is -2.58. The predicted molar refractivity (Wildman–Crippen MR) is 133 cm³/mol. The maximum atomic E-state index is 13.0. The van der Waals surface area contributed by atoms with Crippen molar-refractivity contribution in [3.05, 3.63) is 89.2 Å². The van der Waals surface area contributed by atoms with Gasteiger partial charge < -0.3 is 19.3 Å². The molecule has 0 radical (unpaired) electrons. The van der Waals surface area contributed by atoms with Crippen molar-refractivity contribution >= 4 is 0 Å². The molecule has 2 aromatic carbocycles. The van der Waals surface area contributed by atoms with Crippen molar-refractivity contribution < 1.29 is 19.3 Å². The molecule has 1 spiro atoms. The number of methoxy groups -OCH3 is 1. The number of ether oxygens (including phenoxy) is 3. The van der Waals surface area contributed by atoms with Gasteiger partial charge in [-0.2, -0.15) is 5.26 Å². The average molecular weight is 484 g/mol. The zero-order valence-electron chi connectivity index (χ0n) is 20.5. The third-order valence-corrected chi connectivity index (χ3v) is 8.06. The minimum Gasteiger partial charge on any atom is -0.495 e. The van der Waals surface area contributed by atoms with Crippen molar-refractivity contribution in [2.24, 2.45) is 5.41 Å². The highest BCUT2D eigenvalue weighted by Crippen LogP contribution is 2.61. The van der Waals surface area contributed by atoms with Crippen LogP contribution >= 0.6 is 0 Å². The Morgan fingerprint density at radius 3 is 2.39 bits per heavy atom. The second-order valence-electron chi connectivity index (χ2n) is 10.4. The van der Waals surface area contributed by atoms with E-state index in [9.17, 15) is 10.4 Å². The van der Waals surface area contributed by atoms with Gasteiger partial charge in [-0.3, -0.25) is 9.88 Å². The first-order valence-corrected chi connectivity index (χ1v) is 12.3. The normalized spacial score (nSPS) is 26.7. The summed E-state index contributed by atoms with van der Waals surface area (Å²) in [7, 11) is 1.58. The van der Waals surface area contributed by atoms with E-state index in [-0.39, 0.29) is 11.5 Å². The molecule has 0 aliphatic carbocycles. The number of nitrogens with zero attached hydrogens (tertiary/aromatic N) is 3. The van der Waals surface area contributed by atoms with Crippen molar-refractivity contribution in [3.8, 4) is 17.6 Å². The minimum absolute atomic E-state index is 0.0649. The van der Waals surface area contributed by atoms with Crippen LogP contribution in [0.15, 0.2) is 67.0 Å². The van der Waals surface area contributed by atoms with Gasteiger partial charge in [-0.05, 0) is 19.1 Å². The Morgan fingerprint density at radius 2 is 1.78 bits per heavy atom. The molecule has 6 rings (SSSR count). The van der Waals surface area contributed by atoms with Crippen LogP contribution in [-0.4, -0.2) is 54.4 Å². The first-order chi connectivity index (χ1) is 17.4. The fourth-order valence-corrected chi connectivity index (χ4v) is 6.21. The van der Waals surface area contributed by atoms with E-state index in [2.05, 4.69) is 22.9 Å². The Hall–Kier alpha value is -3.44. The molecule has 4 heterocycles. The number of hydrogen-bond donors (Lipinski definition) is 1. The standard InChI is InChI=1S/C29H29N3O4/c1-20(32-16-27(17-32)18-35-19-27)12-28(33)26-24(34-2)14-31-15-25(26)36-29(28,22-6-4-3-5-7-22)23-10-8-21(13-30)9-11-23/h3-11,14-15,20,33H,12,16-19H2,1-2H3. The van der Waals surface area contributed by atoms with Crippen molar-refractivity contribution in [2.75, 3.05) is 33.4 Å². The highest BCUT2D eigenvalue weighted by Gasteiger charge is 2.64. The Morgan fingerprint density at radius 1 is 1.08 bits per heavy atom. The van der Waals surface area contributed by atoms with Gasteiger partial charge in [0.25, 0.3) is 0 Å². The lowest BCUT2D eigenvalue weighted by molar-refractivity contribution is -0.204. The van der Waals surface area contributed by atoms with Gasteiger partial charge in [-0.25, -0.2) is 0 Å². The largest absolute Gasteiger partial charge is 0.495 e. The van der Waals surface area contributed by atoms with Crippen LogP contribution in [0, 0.1) is 16.7 Å². The van der Waals surface area contributed by atoms with Crippen LogP contribution in [0.1, 0.15) is 35.6 Å². The third-order valence-electron chi connectivity index (χ3n) is 8.06. The van der Waals surface area contributed by atoms with Crippen LogP contribution in [0.3, 0.4) is 0 Å². The molecule has 2 fully saturated rings. The molecule has 3 unspecified atom stereocenters. The highest BCUT2D eigenvalue weighted by molar-refractivity contribution is 5.58. The molecule has 1 aromatic heterocycles. The number of benzene rings is 2. The van der Waals surface area contributed by atoms with Crippen molar-refractivity contribution in [1.82, 2.24) is 9.88 Å². The molecule has 7 nitrogen and oxygen atoms in total. The van der Waals surface area contributed by atoms with E-state index < -0.39 is 11.2 Å². The second-order valence-corrected chi connectivity index (χ2v) is 10.4. The summed E-state index contributed by atoms with van der Waals surface area (Å²) in [6.45, 7) is 5.70. The molecule has 0 bridgehead atoms. The summed E-state index contributed by atoms with van der Waals surface area (Å²) < 4.78 is 18.0. The number of rotatable bonds is 6. The highest BCUT2D eigenvalue weighted by atomic mass is 16.5. The van der Waals surface area contributed by atoms with E-state index in [0.29, 0.717) is 29.0 Å². The van der Waals surface area contributed by atoms with Crippen molar-refractivity contribution in [1.29, 1.82) is 5.26 Å². The van der Waals surface area contributed by atoms with E-state index in [0.717, 1.165) is 37.4 Å². The Bertz CT molecular complexity index is 1310. The zero-order chi connectivity index (χ0) is 25.0. The Labute approximate surface area is 210 Å². The molecule has 2 saturated heterocycles. The summed E-state index contributed by atoms with van der Waals surface area (Å²) in [5.74, 6) is 0.978. The monoisotopic (exact) mass is 483 g/mol. The maximum absolute atomic E-state index is 13.0. The number of pyridine rings is 1. The summed E-state index contributed by atoms with van der Waals surface area (Å²) in [5.41, 5.74) is 0.237. The van der Waals surface area contributed by atoms with Gasteiger partial charge in [-0.1, -0.05) is 42.5 Å². The molecule has 184 valence electrons. The number of hydrogen-bond acceptors (Lipinski definition) is 7. The first kappa shape index (κ1) is 23.0. The number of nitriles is 1. The summed E-state index contributed by atoms with van der Waals surface area (Å²) >= 11 is 0. The molecule has 0 saturated carbocycles. The van der Waals surface area contributed by atoms with Gasteiger partial charge in [-0.15, -0.1) is 0 Å². The molecular weight excluding hydrogens is 454 g/mol. The van der Waals surface area contributed by atoms with E-state index in [1.165, 1.54) is 0 Å². The molecule has 36 heavy (non-hydrogen) atoms. The minimum atomic E-state index is -1.48. The average Bonchev–Trinajstić information content (AvgIpc) is 3.12. The number of fused-ring (bicyclic) bond motifs is 1. The van der Waals surface area contributed by atoms with E-state index >= 15 is 0 Å². The van der Waals surface area contributed by atoms with Gasteiger partial charge >= 0.3 is 0 Å². The first-order valence-electron chi connectivity index (χ1n) is 12.3. The third kappa shape index (κ3) is 3.19. The van der Waals surface area contributed by atoms with Crippen LogP contribution in [0.2, 0.25) is 0 Å². The molecular formula is C29H29N3O4. The summed E-state index contributed by atoms with van der Waals surface area (Å²) in [4.78, 5) is 6.73. The zero-order valence-corrected chi connectivity index (χ0v) is 20.5. The molecule has 3 atom stereocenters. The molecule has 3 aliphatic rings. The van der Waals surface area contributed by atoms with Gasteiger partial charge in [0.05, 0.1) is 49.9 Å². The summed E-state index contributed by atoms with van der Waals surface area (Å²) in [6.07, 6.45) is 3.68. The molecule has 3 aromatic rings. The van der Waals surface area contributed by atoms with Gasteiger partial charge in [0.1, 0.15) is 17.1 Å². The Kier molecular flexibility index (Phi) is 5.31. The van der Waals surface area contributed by atoms with Crippen LogP contribution in [0.25, 0.3) is 0 Å². The fourth-order valence-electron chi connectivity index (χ4n) is 6.21. The van der Waals surface area contributed by atoms with Crippen LogP contribution in [-0.2, 0) is 15.9 Å². The number of aliphatic hydroxyl groups is 1. The summed E-state index contributed by atoms with van der Waals surface area (Å²) in [6, 6.07) is 19.3. The fraction of sp³-hybridized carbons (Fsp3) is 0.379. The van der Waals surface area contributed by atoms with Gasteiger partial charge in [0.2, 0.25) is 0 Å². The lowest BCUT2D eigenvalue weighted by atomic mass is 9.67. The quantitative estimate of drug-likeness (QED) is 0.573. The lowest BCUT2D eigenvalue weighted by Crippen LogP contribution is -2.68. The van der Waals surface area contributed by atoms with Crippen LogP contribution in [0.4, 0.5) is 0 Å². The smallest absolute Gasteiger partial charge is 0.192 e. The predicted octanol–water partition coefficient (Wildman–Crippen LogP) is 3.60. The maximum Gasteiger partial charge on any atom is 0.192 e. The molecule has 7 heteroatoms. The second kappa shape index (κ2) is 8.31.